The summed E-state index contributed by atoms with van der Waals surface area (Å²) in [6.45, 7) is 8.07. The minimum absolute atomic E-state index is 0.138. The van der Waals surface area contributed by atoms with Gasteiger partial charge >= 0.3 is 0 Å². The van der Waals surface area contributed by atoms with Crippen molar-refractivity contribution in [2.75, 3.05) is 5.75 Å². The molecule has 0 aliphatic heterocycles. The maximum atomic E-state index is 12.7. The van der Waals surface area contributed by atoms with Crippen molar-refractivity contribution in [3.05, 3.63) is 40.5 Å². The van der Waals surface area contributed by atoms with Gasteiger partial charge < -0.3 is 4.57 Å². The molecule has 0 aromatic carbocycles. The summed E-state index contributed by atoms with van der Waals surface area (Å²) in [5.41, 5.74) is 5.03. The predicted octanol–water partition coefficient (Wildman–Crippen LogP) is 3.47. The van der Waals surface area contributed by atoms with Crippen LogP contribution in [0.4, 0.5) is 0 Å². The van der Waals surface area contributed by atoms with E-state index in [9.17, 15) is 4.79 Å². The van der Waals surface area contributed by atoms with Gasteiger partial charge in [0.2, 0.25) is 0 Å². The van der Waals surface area contributed by atoms with Gasteiger partial charge in [0.25, 0.3) is 5.78 Å². The average Bonchev–Trinajstić information content (AvgIpc) is 3.22. The van der Waals surface area contributed by atoms with Crippen LogP contribution < -0.4 is 0 Å². The highest BCUT2D eigenvalue weighted by molar-refractivity contribution is 7.99. The summed E-state index contributed by atoms with van der Waals surface area (Å²) < 4.78 is 4.21. The first kappa shape index (κ1) is 16.3. The highest BCUT2D eigenvalue weighted by Gasteiger charge is 2.28. The third-order valence-corrected chi connectivity index (χ3v) is 5.62. The molecule has 3 heterocycles. The molecule has 4 rings (SSSR count). The topological polar surface area (TPSA) is 65.1 Å². The molecule has 1 aliphatic rings. The van der Waals surface area contributed by atoms with E-state index in [4.69, 9.17) is 0 Å². The number of ketones is 1. The minimum atomic E-state index is 0.138. The fourth-order valence-corrected chi connectivity index (χ4v) is 4.32. The lowest BCUT2D eigenvalue weighted by Gasteiger charge is -2.07. The second-order valence-corrected chi connectivity index (χ2v) is 7.70. The molecule has 0 atom stereocenters. The highest BCUT2D eigenvalue weighted by atomic mass is 32.2. The van der Waals surface area contributed by atoms with Gasteiger partial charge in [0.1, 0.15) is 0 Å². The molecule has 0 bridgehead atoms. The standard InChI is InChI=1S/C18H21N5OS/c1-10-7-11(2)23-17(19-10)20-21-18(23)25-9-16(24)15-8-12(3)22(13(15)4)14-5-6-14/h7-8,14H,5-6,9H2,1-4H3. The number of hydrogen-bond donors (Lipinski definition) is 0. The molecular weight excluding hydrogens is 334 g/mol. The van der Waals surface area contributed by atoms with Gasteiger partial charge in [-0.3, -0.25) is 9.20 Å². The van der Waals surface area contributed by atoms with Gasteiger partial charge in [-0.1, -0.05) is 11.8 Å². The van der Waals surface area contributed by atoms with Gasteiger partial charge in [-0.2, -0.15) is 0 Å². The molecule has 1 aliphatic carbocycles. The number of Topliss-reactive ketones (excluding diaryl/α,β-unsaturated/α-hetero) is 1. The van der Waals surface area contributed by atoms with E-state index in [1.54, 1.807) is 0 Å². The van der Waals surface area contributed by atoms with Crippen molar-refractivity contribution in [1.82, 2.24) is 24.1 Å². The number of carbonyl (C=O) groups is 1. The van der Waals surface area contributed by atoms with E-state index in [2.05, 4.69) is 26.7 Å². The summed E-state index contributed by atoms with van der Waals surface area (Å²) in [6, 6.07) is 4.60. The molecule has 130 valence electrons. The van der Waals surface area contributed by atoms with E-state index in [1.165, 1.54) is 30.3 Å². The summed E-state index contributed by atoms with van der Waals surface area (Å²) in [5, 5.41) is 9.04. The molecular formula is C18H21N5OS. The number of rotatable bonds is 5. The minimum Gasteiger partial charge on any atom is -0.345 e. The van der Waals surface area contributed by atoms with E-state index in [0.29, 0.717) is 22.7 Å². The molecule has 0 radical (unpaired) electrons. The van der Waals surface area contributed by atoms with Crippen LogP contribution in [-0.4, -0.2) is 35.7 Å². The lowest BCUT2D eigenvalue weighted by molar-refractivity contribution is 0.102. The number of aryl methyl sites for hydroxylation is 3. The largest absolute Gasteiger partial charge is 0.345 e. The quantitative estimate of drug-likeness (QED) is 0.518. The number of hydrogen-bond acceptors (Lipinski definition) is 5. The van der Waals surface area contributed by atoms with Gasteiger partial charge in [0.05, 0.1) is 5.75 Å². The third-order valence-electron chi connectivity index (χ3n) is 4.69. The SMILES string of the molecule is Cc1cc(C)n2c(SCC(=O)c3cc(C)n(C4CC4)c3C)nnc2n1. The van der Waals surface area contributed by atoms with Crippen molar-refractivity contribution in [3.63, 3.8) is 0 Å². The van der Waals surface area contributed by atoms with Crippen LogP contribution in [0, 0.1) is 27.7 Å². The van der Waals surface area contributed by atoms with E-state index in [1.807, 2.05) is 37.3 Å². The van der Waals surface area contributed by atoms with Crippen molar-refractivity contribution in [2.24, 2.45) is 0 Å². The highest BCUT2D eigenvalue weighted by Crippen LogP contribution is 2.38. The number of fused-ring (bicyclic) bond motifs is 1. The van der Waals surface area contributed by atoms with Crippen molar-refractivity contribution in [2.45, 2.75) is 51.7 Å². The molecule has 0 unspecified atom stereocenters. The van der Waals surface area contributed by atoms with Crippen LogP contribution in [0.15, 0.2) is 17.3 Å². The maximum absolute atomic E-state index is 12.7. The van der Waals surface area contributed by atoms with Crippen LogP contribution in [0.3, 0.4) is 0 Å². The fourth-order valence-electron chi connectivity index (χ4n) is 3.46. The molecule has 0 saturated heterocycles. The molecule has 3 aromatic heterocycles. The fraction of sp³-hybridized carbons (Fsp3) is 0.444. The van der Waals surface area contributed by atoms with Gasteiger partial charge in [0.15, 0.2) is 10.9 Å². The Hall–Kier alpha value is -2.15. The summed E-state index contributed by atoms with van der Waals surface area (Å²) in [7, 11) is 0. The zero-order chi connectivity index (χ0) is 17.7. The van der Waals surface area contributed by atoms with Crippen LogP contribution in [0.5, 0.6) is 0 Å². The average molecular weight is 355 g/mol. The lowest BCUT2D eigenvalue weighted by atomic mass is 10.2. The van der Waals surface area contributed by atoms with Crippen molar-refractivity contribution < 1.29 is 4.79 Å². The van der Waals surface area contributed by atoms with E-state index in [-0.39, 0.29) is 5.78 Å². The zero-order valence-corrected chi connectivity index (χ0v) is 15.7. The molecule has 6 nitrogen and oxygen atoms in total. The van der Waals surface area contributed by atoms with Crippen molar-refractivity contribution in [1.29, 1.82) is 0 Å². The molecule has 7 heteroatoms. The van der Waals surface area contributed by atoms with Gasteiger partial charge in [0, 0.05) is 34.4 Å². The van der Waals surface area contributed by atoms with Gasteiger partial charge in [-0.15, -0.1) is 10.2 Å². The Bertz CT molecular complexity index is 983. The van der Waals surface area contributed by atoms with E-state index < -0.39 is 0 Å². The normalized spacial score (nSPS) is 14.4. The van der Waals surface area contributed by atoms with Crippen LogP contribution in [0.1, 0.15) is 52.0 Å². The third kappa shape index (κ3) is 2.86. The van der Waals surface area contributed by atoms with Gasteiger partial charge in [-0.25, -0.2) is 4.98 Å². The molecule has 0 spiro atoms. The summed E-state index contributed by atoms with van der Waals surface area (Å²) in [4.78, 5) is 17.1. The Morgan fingerprint density at radius 1 is 1.16 bits per heavy atom. The Balaban J connectivity index is 1.56. The van der Waals surface area contributed by atoms with Crippen molar-refractivity contribution in [3.8, 4) is 0 Å². The van der Waals surface area contributed by atoms with E-state index >= 15 is 0 Å². The number of carbonyl (C=O) groups excluding carboxylic acids is 1. The second-order valence-electron chi connectivity index (χ2n) is 6.75. The molecule has 1 saturated carbocycles. The predicted molar refractivity (Wildman–Crippen MR) is 97.5 cm³/mol. The summed E-state index contributed by atoms with van der Waals surface area (Å²) >= 11 is 1.42. The number of aromatic nitrogens is 5. The molecule has 0 N–H and O–H groups in total. The number of thioether (sulfide) groups is 1. The number of nitrogens with zero attached hydrogens (tertiary/aromatic N) is 5. The van der Waals surface area contributed by atoms with Crippen LogP contribution >= 0.6 is 11.8 Å². The molecule has 0 amide bonds. The monoisotopic (exact) mass is 355 g/mol. The molecule has 25 heavy (non-hydrogen) atoms. The smallest absolute Gasteiger partial charge is 0.256 e. The van der Waals surface area contributed by atoms with Crippen molar-refractivity contribution >= 4 is 23.3 Å². The Morgan fingerprint density at radius 2 is 1.92 bits per heavy atom. The summed E-state index contributed by atoms with van der Waals surface area (Å²) in [5.74, 6) is 1.07. The zero-order valence-electron chi connectivity index (χ0n) is 14.9. The van der Waals surface area contributed by atoms with E-state index in [0.717, 1.165) is 22.6 Å². The van der Waals surface area contributed by atoms with Crippen LogP contribution in [0.2, 0.25) is 0 Å². The first-order chi connectivity index (χ1) is 12.0. The maximum Gasteiger partial charge on any atom is 0.256 e. The Labute approximate surface area is 150 Å². The van der Waals surface area contributed by atoms with Crippen LogP contribution in [-0.2, 0) is 0 Å². The van der Waals surface area contributed by atoms with Crippen LogP contribution in [0.25, 0.3) is 5.78 Å². The second kappa shape index (κ2) is 5.98. The Morgan fingerprint density at radius 3 is 2.64 bits per heavy atom. The first-order valence-corrected chi connectivity index (χ1v) is 9.48. The molecule has 3 aromatic rings. The first-order valence-electron chi connectivity index (χ1n) is 8.49. The Kier molecular flexibility index (Phi) is 3.91. The van der Waals surface area contributed by atoms with Gasteiger partial charge in [-0.05, 0) is 52.7 Å². The lowest BCUT2D eigenvalue weighted by Crippen LogP contribution is -2.06. The summed E-state index contributed by atoms with van der Waals surface area (Å²) in [6.07, 6.45) is 2.44. The molecule has 1 fully saturated rings.